The summed E-state index contributed by atoms with van der Waals surface area (Å²) in [6.07, 6.45) is 1.32. The molecule has 0 unspecified atom stereocenters. The molecule has 2 aromatic carbocycles. The molecule has 0 aliphatic carbocycles. The molecule has 24 heavy (non-hydrogen) atoms. The molecule has 1 amide bonds. The van der Waals surface area contributed by atoms with Crippen LogP contribution < -0.4 is 0 Å². The summed E-state index contributed by atoms with van der Waals surface area (Å²) in [6, 6.07) is 11.2. The van der Waals surface area contributed by atoms with Crippen molar-refractivity contribution in [2.45, 2.75) is 18.6 Å². The van der Waals surface area contributed by atoms with Crippen molar-refractivity contribution >= 4 is 16.9 Å². The second kappa shape index (κ2) is 5.72. The van der Waals surface area contributed by atoms with E-state index in [4.69, 9.17) is 0 Å². The molecule has 4 rings (SSSR count). The van der Waals surface area contributed by atoms with Gasteiger partial charge >= 0.3 is 0 Å². The third-order valence-corrected chi connectivity index (χ3v) is 4.45. The van der Waals surface area contributed by atoms with E-state index in [9.17, 15) is 14.3 Å². The Kier molecular flexibility index (Phi) is 3.54. The first-order chi connectivity index (χ1) is 11.6. The predicted molar refractivity (Wildman–Crippen MR) is 86.9 cm³/mol. The van der Waals surface area contributed by atoms with Gasteiger partial charge in [0.1, 0.15) is 11.3 Å². The molecule has 2 N–H and O–H groups in total. The molecule has 2 heterocycles. The van der Waals surface area contributed by atoms with E-state index in [2.05, 4.69) is 9.97 Å². The molecular weight excluding hydrogens is 309 g/mol. The fourth-order valence-corrected chi connectivity index (χ4v) is 3.36. The third kappa shape index (κ3) is 2.45. The second-order valence-electron chi connectivity index (χ2n) is 6.02. The van der Waals surface area contributed by atoms with E-state index < -0.39 is 6.10 Å². The molecule has 1 aliphatic heterocycles. The number of aromatic nitrogens is 2. The van der Waals surface area contributed by atoms with Crippen molar-refractivity contribution < 1.29 is 14.3 Å². The first kappa shape index (κ1) is 14.8. The maximum Gasteiger partial charge on any atom is 0.256 e. The smallest absolute Gasteiger partial charge is 0.256 e. The van der Waals surface area contributed by atoms with Gasteiger partial charge in [-0.3, -0.25) is 4.79 Å². The van der Waals surface area contributed by atoms with E-state index in [1.807, 2.05) is 6.07 Å². The van der Waals surface area contributed by atoms with Crippen molar-refractivity contribution in [1.29, 1.82) is 0 Å². The van der Waals surface area contributed by atoms with Gasteiger partial charge in [0.2, 0.25) is 0 Å². The summed E-state index contributed by atoms with van der Waals surface area (Å²) < 4.78 is 13.6. The number of aliphatic hydroxyl groups is 1. The van der Waals surface area contributed by atoms with Crippen LogP contribution >= 0.6 is 0 Å². The molecule has 1 fully saturated rings. The van der Waals surface area contributed by atoms with Crippen LogP contribution in [0.5, 0.6) is 0 Å². The molecule has 0 spiro atoms. The Hall–Kier alpha value is -2.73. The van der Waals surface area contributed by atoms with Gasteiger partial charge in [0, 0.05) is 6.54 Å². The number of hydrogen-bond acceptors (Lipinski definition) is 3. The van der Waals surface area contributed by atoms with E-state index in [-0.39, 0.29) is 24.3 Å². The number of carbonyl (C=O) groups is 1. The fraction of sp³-hybridized carbons (Fsp3) is 0.222. The fourth-order valence-electron chi connectivity index (χ4n) is 3.36. The van der Waals surface area contributed by atoms with E-state index in [0.29, 0.717) is 23.1 Å². The molecule has 1 saturated heterocycles. The van der Waals surface area contributed by atoms with E-state index in [0.717, 1.165) is 5.52 Å². The summed E-state index contributed by atoms with van der Waals surface area (Å²) in [5, 5.41) is 10.1. The summed E-state index contributed by atoms with van der Waals surface area (Å²) in [4.78, 5) is 21.8. The highest BCUT2D eigenvalue weighted by atomic mass is 19.1. The van der Waals surface area contributed by atoms with Crippen molar-refractivity contribution in [3.63, 3.8) is 0 Å². The van der Waals surface area contributed by atoms with Gasteiger partial charge < -0.3 is 15.0 Å². The van der Waals surface area contributed by atoms with Crippen LogP contribution in [-0.4, -0.2) is 38.5 Å². The Morgan fingerprint density at radius 1 is 1.29 bits per heavy atom. The first-order valence-corrected chi connectivity index (χ1v) is 7.80. The van der Waals surface area contributed by atoms with Crippen molar-refractivity contribution in [2.24, 2.45) is 0 Å². The van der Waals surface area contributed by atoms with Crippen LogP contribution in [0.2, 0.25) is 0 Å². The number of halogens is 1. The first-order valence-electron chi connectivity index (χ1n) is 7.80. The number of nitrogens with zero attached hydrogens (tertiary/aromatic N) is 2. The SMILES string of the molecule is O=C(c1cccc2[nH]cnc12)N1C[C@H](O)C[C@@H]1c1cccc(F)c1. The number of β-amino-alcohol motifs (C(OH)–C–C–N with tert-alkyl or cyclic N) is 1. The monoisotopic (exact) mass is 325 g/mol. The zero-order valence-electron chi connectivity index (χ0n) is 12.8. The largest absolute Gasteiger partial charge is 0.391 e. The Morgan fingerprint density at radius 3 is 2.96 bits per heavy atom. The van der Waals surface area contributed by atoms with Crippen molar-refractivity contribution in [3.05, 3.63) is 65.7 Å². The topological polar surface area (TPSA) is 69.2 Å². The average molecular weight is 325 g/mol. The van der Waals surface area contributed by atoms with Crippen LogP contribution in [0.4, 0.5) is 4.39 Å². The lowest BCUT2D eigenvalue weighted by molar-refractivity contribution is 0.0717. The molecule has 2 atom stereocenters. The number of rotatable bonds is 2. The van der Waals surface area contributed by atoms with Gasteiger partial charge in [-0.15, -0.1) is 0 Å². The highest BCUT2D eigenvalue weighted by Gasteiger charge is 2.36. The summed E-state index contributed by atoms with van der Waals surface area (Å²) in [6.45, 7) is 0.223. The second-order valence-corrected chi connectivity index (χ2v) is 6.02. The molecule has 5 nitrogen and oxygen atoms in total. The van der Waals surface area contributed by atoms with Crippen molar-refractivity contribution in [1.82, 2.24) is 14.9 Å². The lowest BCUT2D eigenvalue weighted by atomic mass is 10.0. The van der Waals surface area contributed by atoms with Gasteiger partial charge in [0.15, 0.2) is 0 Å². The molecular formula is C18H16FN3O2. The number of aliphatic hydroxyl groups excluding tert-OH is 1. The Morgan fingerprint density at radius 2 is 2.12 bits per heavy atom. The normalized spacial score (nSPS) is 20.7. The van der Waals surface area contributed by atoms with Gasteiger partial charge in [0.25, 0.3) is 5.91 Å². The maximum absolute atomic E-state index is 13.6. The zero-order chi connectivity index (χ0) is 16.7. The number of amides is 1. The number of hydrogen-bond donors (Lipinski definition) is 2. The van der Waals surface area contributed by atoms with Gasteiger partial charge in [-0.2, -0.15) is 0 Å². The summed E-state index contributed by atoms with van der Waals surface area (Å²) >= 11 is 0. The number of nitrogens with one attached hydrogen (secondary N) is 1. The minimum absolute atomic E-state index is 0.210. The van der Waals surface area contributed by atoms with Crippen LogP contribution in [0, 0.1) is 5.82 Å². The highest BCUT2D eigenvalue weighted by molar-refractivity contribution is 6.05. The standard InChI is InChI=1S/C18H16FN3O2/c19-12-4-1-3-11(7-12)16-8-13(23)9-22(16)18(24)14-5-2-6-15-17(14)21-10-20-15/h1-7,10,13,16,23H,8-9H2,(H,20,21)/t13-,16-/m1/s1. The summed E-state index contributed by atoms with van der Waals surface area (Å²) in [5.74, 6) is -0.561. The number of imidazole rings is 1. The van der Waals surface area contributed by atoms with Crippen LogP contribution in [0.25, 0.3) is 11.0 Å². The summed E-state index contributed by atoms with van der Waals surface area (Å²) in [5.41, 5.74) is 2.54. The van der Waals surface area contributed by atoms with Crippen LogP contribution in [0.1, 0.15) is 28.4 Å². The molecule has 0 bridgehead atoms. The Bertz CT molecular complexity index is 908. The van der Waals surface area contributed by atoms with E-state index >= 15 is 0 Å². The van der Waals surface area contributed by atoms with Crippen molar-refractivity contribution in [2.75, 3.05) is 6.54 Å². The van der Waals surface area contributed by atoms with Gasteiger partial charge in [0.05, 0.1) is 29.6 Å². The Balaban J connectivity index is 1.73. The minimum atomic E-state index is -0.624. The molecule has 3 aromatic rings. The molecule has 122 valence electrons. The van der Waals surface area contributed by atoms with Gasteiger partial charge in [-0.25, -0.2) is 9.37 Å². The molecule has 6 heteroatoms. The van der Waals surface area contributed by atoms with E-state index in [1.54, 1.807) is 35.5 Å². The third-order valence-electron chi connectivity index (χ3n) is 4.45. The highest BCUT2D eigenvalue weighted by Crippen LogP contribution is 2.34. The molecule has 1 aromatic heterocycles. The number of carbonyl (C=O) groups excluding carboxylic acids is 1. The van der Waals surface area contributed by atoms with Crippen LogP contribution in [0.3, 0.4) is 0 Å². The number of fused-ring (bicyclic) bond motifs is 1. The average Bonchev–Trinajstić information content (AvgIpc) is 3.20. The van der Waals surface area contributed by atoms with Crippen LogP contribution in [0.15, 0.2) is 48.8 Å². The lowest BCUT2D eigenvalue weighted by Crippen LogP contribution is -2.32. The number of benzene rings is 2. The zero-order valence-corrected chi connectivity index (χ0v) is 12.8. The van der Waals surface area contributed by atoms with Gasteiger partial charge in [-0.05, 0) is 36.2 Å². The van der Waals surface area contributed by atoms with Crippen LogP contribution in [-0.2, 0) is 0 Å². The number of aromatic amines is 1. The molecule has 0 radical (unpaired) electrons. The maximum atomic E-state index is 13.6. The van der Waals surface area contributed by atoms with E-state index in [1.165, 1.54) is 12.1 Å². The molecule has 0 saturated carbocycles. The number of H-pyrrole nitrogens is 1. The van der Waals surface area contributed by atoms with Gasteiger partial charge in [-0.1, -0.05) is 18.2 Å². The summed E-state index contributed by atoms with van der Waals surface area (Å²) in [7, 11) is 0. The Labute approximate surface area is 137 Å². The number of para-hydroxylation sites is 1. The number of likely N-dealkylation sites (tertiary alicyclic amines) is 1. The molecule has 1 aliphatic rings. The minimum Gasteiger partial charge on any atom is -0.391 e. The lowest BCUT2D eigenvalue weighted by Gasteiger charge is -2.25. The predicted octanol–water partition coefficient (Wildman–Crippen LogP) is 2.65. The quantitative estimate of drug-likeness (QED) is 0.761. The van der Waals surface area contributed by atoms with Crippen molar-refractivity contribution in [3.8, 4) is 0 Å².